The van der Waals surface area contributed by atoms with Gasteiger partial charge in [-0.3, -0.25) is 9.50 Å². The van der Waals surface area contributed by atoms with Gasteiger partial charge in [-0.15, -0.1) is 0 Å². The van der Waals surface area contributed by atoms with Gasteiger partial charge in [-0.2, -0.15) is 10.4 Å². The monoisotopic (exact) mass is 470 g/mol. The third-order valence-electron chi connectivity index (χ3n) is 5.80. The van der Waals surface area contributed by atoms with E-state index in [1.54, 1.807) is 29.8 Å². The van der Waals surface area contributed by atoms with Crippen molar-refractivity contribution < 1.29 is 23.4 Å². The maximum atomic E-state index is 15.0. The lowest BCUT2D eigenvalue weighted by Gasteiger charge is -2.17. The van der Waals surface area contributed by atoms with Crippen LogP contribution in [0.5, 0.6) is 0 Å². The van der Waals surface area contributed by atoms with E-state index in [2.05, 4.69) is 30.8 Å². The molecule has 0 spiro atoms. The number of amides is 1. The molecular weight excluding hydrogens is 447 g/mol. The van der Waals surface area contributed by atoms with Gasteiger partial charge in [-0.05, 0) is 19.8 Å². The normalized spacial score (nSPS) is 22.9. The summed E-state index contributed by atoms with van der Waals surface area (Å²) in [5, 5.41) is 22.0. The van der Waals surface area contributed by atoms with Gasteiger partial charge in [0.2, 0.25) is 5.95 Å². The summed E-state index contributed by atoms with van der Waals surface area (Å²) in [6.07, 6.45) is -0.730. The number of imidazole rings is 1. The first-order chi connectivity index (χ1) is 16.4. The quantitative estimate of drug-likeness (QED) is 0.472. The molecule has 13 heteroatoms. The van der Waals surface area contributed by atoms with E-state index in [-0.39, 0.29) is 17.8 Å². The molecule has 0 radical (unpaired) electrons. The maximum Gasteiger partial charge on any atom is 0.408 e. The average molecular weight is 470 g/mol. The van der Waals surface area contributed by atoms with Gasteiger partial charge in [0.25, 0.3) is 0 Å². The molecule has 0 aromatic carbocycles. The van der Waals surface area contributed by atoms with Gasteiger partial charge in [0.15, 0.2) is 18.1 Å². The molecule has 1 aliphatic carbocycles. The second kappa shape index (κ2) is 8.54. The number of aromatic nitrogens is 5. The lowest BCUT2D eigenvalue weighted by Crippen LogP contribution is -2.39. The Morgan fingerprint density at radius 3 is 3.00 bits per heavy atom. The van der Waals surface area contributed by atoms with Gasteiger partial charge in [-0.1, -0.05) is 0 Å². The lowest BCUT2D eigenvalue weighted by molar-refractivity contribution is 0.0604. The number of alkyl halides is 1. The predicted octanol–water partition coefficient (Wildman–Crippen LogP) is 2.27. The Morgan fingerprint density at radius 1 is 1.44 bits per heavy atom. The van der Waals surface area contributed by atoms with E-state index in [4.69, 9.17) is 14.2 Å². The standard InChI is InChI=1S/C21H23FN8O4/c1-21(3-4-21)27-20(31)34-14-10-33-18(17(14)22)13-6-15(29-28-13)26-19-25-11(7-23)5-16-24-12(9-32-2)8-30(16)19/h5-6,8,14,17-18H,3-4,9-10H2,1-2H3,(H,27,31)(H2,25,26,28,29)/t14-,17+,18-/m1/s1. The summed E-state index contributed by atoms with van der Waals surface area (Å²) < 4.78 is 32.5. The summed E-state index contributed by atoms with van der Waals surface area (Å²) in [6, 6.07) is 5.13. The second-order valence-electron chi connectivity index (χ2n) is 8.63. The average Bonchev–Trinajstić information content (AvgIpc) is 3.14. The zero-order valence-electron chi connectivity index (χ0n) is 18.5. The first-order valence-corrected chi connectivity index (χ1v) is 10.7. The Hall–Kier alpha value is -3.76. The number of hydrogen-bond donors (Lipinski definition) is 3. The summed E-state index contributed by atoms with van der Waals surface area (Å²) in [4.78, 5) is 20.7. The minimum Gasteiger partial charge on any atom is -0.441 e. The molecule has 1 amide bonds. The first-order valence-electron chi connectivity index (χ1n) is 10.7. The number of aromatic amines is 1. The number of fused-ring (bicyclic) bond motifs is 1. The summed E-state index contributed by atoms with van der Waals surface area (Å²) in [5.74, 6) is 0.637. The number of halogens is 1. The fraction of sp³-hybridized carbons (Fsp3) is 0.476. The molecule has 34 heavy (non-hydrogen) atoms. The molecule has 0 unspecified atom stereocenters. The van der Waals surface area contributed by atoms with Crippen LogP contribution in [0.1, 0.15) is 43.0 Å². The maximum absolute atomic E-state index is 15.0. The highest BCUT2D eigenvalue weighted by Gasteiger charge is 2.44. The topological polar surface area (TPSA) is 151 Å². The van der Waals surface area contributed by atoms with Gasteiger partial charge in [0.1, 0.15) is 23.5 Å². The number of nitrogens with one attached hydrogen (secondary N) is 3. The minimum atomic E-state index is -1.57. The van der Waals surface area contributed by atoms with Crippen LogP contribution in [0.2, 0.25) is 0 Å². The molecule has 4 heterocycles. The van der Waals surface area contributed by atoms with Crippen LogP contribution in [0, 0.1) is 11.3 Å². The highest BCUT2D eigenvalue weighted by molar-refractivity contribution is 5.69. The smallest absolute Gasteiger partial charge is 0.408 e. The summed E-state index contributed by atoms with van der Waals surface area (Å²) >= 11 is 0. The SMILES string of the molecule is COCc1cn2c(Nc3cc([C@H]4OC[C@@H](OC(=O)NC5(C)CC5)[C@@H]4F)[nH]n3)nc(C#N)cc2n1. The number of nitriles is 1. The molecule has 3 aromatic heterocycles. The Balaban J connectivity index is 1.29. The van der Waals surface area contributed by atoms with E-state index in [0.717, 1.165) is 12.8 Å². The number of methoxy groups -OCH3 is 1. The van der Waals surface area contributed by atoms with Gasteiger partial charge in [0.05, 0.1) is 24.6 Å². The van der Waals surface area contributed by atoms with E-state index < -0.39 is 24.5 Å². The number of rotatable bonds is 7. The number of nitrogens with zero attached hydrogens (tertiary/aromatic N) is 5. The van der Waals surface area contributed by atoms with E-state index in [0.29, 0.717) is 35.4 Å². The molecule has 5 rings (SSSR count). The Bertz CT molecular complexity index is 1260. The van der Waals surface area contributed by atoms with Crippen LogP contribution < -0.4 is 10.6 Å². The van der Waals surface area contributed by atoms with Crippen molar-refractivity contribution in [1.29, 1.82) is 5.26 Å². The molecular formula is C21H23FN8O4. The van der Waals surface area contributed by atoms with Crippen molar-refractivity contribution in [3.63, 3.8) is 0 Å². The van der Waals surface area contributed by atoms with E-state index >= 15 is 0 Å². The van der Waals surface area contributed by atoms with E-state index in [1.165, 1.54) is 0 Å². The fourth-order valence-electron chi connectivity index (χ4n) is 3.73. The molecule has 3 atom stereocenters. The van der Waals surface area contributed by atoms with Crippen LogP contribution in [0.4, 0.5) is 21.0 Å². The van der Waals surface area contributed by atoms with E-state index in [9.17, 15) is 14.4 Å². The molecule has 1 aliphatic heterocycles. The predicted molar refractivity (Wildman–Crippen MR) is 115 cm³/mol. The first kappa shape index (κ1) is 22.1. The van der Waals surface area contributed by atoms with Crippen molar-refractivity contribution in [3.05, 3.63) is 35.4 Å². The highest BCUT2D eigenvalue weighted by Crippen LogP contribution is 2.36. The van der Waals surface area contributed by atoms with Crippen LogP contribution in [-0.4, -0.2) is 62.2 Å². The lowest BCUT2D eigenvalue weighted by atomic mass is 10.1. The van der Waals surface area contributed by atoms with Crippen molar-refractivity contribution in [3.8, 4) is 6.07 Å². The molecule has 2 aliphatic rings. The number of carbonyl (C=O) groups is 1. The van der Waals surface area contributed by atoms with Gasteiger partial charge in [0, 0.05) is 31.0 Å². The van der Waals surface area contributed by atoms with Crippen molar-refractivity contribution in [1.82, 2.24) is 29.9 Å². The van der Waals surface area contributed by atoms with Crippen LogP contribution >= 0.6 is 0 Å². The van der Waals surface area contributed by atoms with Crippen molar-refractivity contribution in [2.45, 2.75) is 50.3 Å². The molecule has 178 valence electrons. The highest BCUT2D eigenvalue weighted by atomic mass is 19.1. The number of carbonyl (C=O) groups excluding carboxylic acids is 1. The fourth-order valence-corrected chi connectivity index (χ4v) is 3.73. The van der Waals surface area contributed by atoms with Gasteiger partial charge >= 0.3 is 6.09 Å². The van der Waals surface area contributed by atoms with Crippen LogP contribution in [-0.2, 0) is 20.8 Å². The van der Waals surface area contributed by atoms with Crippen LogP contribution in [0.15, 0.2) is 18.3 Å². The number of ether oxygens (including phenoxy) is 3. The summed E-state index contributed by atoms with van der Waals surface area (Å²) in [5.41, 5.74) is 1.46. The summed E-state index contributed by atoms with van der Waals surface area (Å²) in [6.45, 7) is 2.14. The number of alkyl carbamates (subject to hydrolysis) is 1. The number of H-pyrrole nitrogens is 1. The molecule has 1 saturated carbocycles. The third kappa shape index (κ3) is 4.37. The van der Waals surface area contributed by atoms with Crippen LogP contribution in [0.25, 0.3) is 5.65 Å². The molecule has 2 fully saturated rings. The molecule has 3 N–H and O–H groups in total. The van der Waals surface area contributed by atoms with Crippen molar-refractivity contribution in [2.24, 2.45) is 0 Å². The zero-order chi connectivity index (χ0) is 23.9. The molecule has 3 aromatic rings. The van der Waals surface area contributed by atoms with Crippen molar-refractivity contribution >= 4 is 23.5 Å². The third-order valence-corrected chi connectivity index (χ3v) is 5.80. The van der Waals surface area contributed by atoms with Gasteiger partial charge in [-0.25, -0.2) is 19.2 Å². The summed E-state index contributed by atoms with van der Waals surface area (Å²) in [7, 11) is 1.56. The number of anilines is 2. The molecule has 1 saturated heterocycles. The van der Waals surface area contributed by atoms with E-state index in [1.807, 2.05) is 13.0 Å². The largest absolute Gasteiger partial charge is 0.441 e. The zero-order valence-corrected chi connectivity index (χ0v) is 18.5. The number of hydrogen-bond acceptors (Lipinski definition) is 9. The second-order valence-corrected chi connectivity index (χ2v) is 8.63. The molecule has 0 bridgehead atoms. The van der Waals surface area contributed by atoms with Crippen molar-refractivity contribution in [2.75, 3.05) is 19.0 Å². The minimum absolute atomic E-state index is 0.0680. The molecule has 12 nitrogen and oxygen atoms in total. The Morgan fingerprint density at radius 2 is 2.26 bits per heavy atom. The van der Waals surface area contributed by atoms with Gasteiger partial charge < -0.3 is 24.8 Å². The van der Waals surface area contributed by atoms with Crippen LogP contribution in [0.3, 0.4) is 0 Å². The Labute approximate surface area is 193 Å². The Kier molecular flexibility index (Phi) is 5.54.